The van der Waals surface area contributed by atoms with Crippen LogP contribution in [0.15, 0.2) is 40.9 Å². The Balaban J connectivity index is 1.86. The van der Waals surface area contributed by atoms with Crippen molar-refractivity contribution >= 4 is 21.6 Å². The molecule has 0 bridgehead atoms. The molecule has 4 heteroatoms. The van der Waals surface area contributed by atoms with E-state index in [4.69, 9.17) is 0 Å². The Bertz CT molecular complexity index is 624. The van der Waals surface area contributed by atoms with Crippen molar-refractivity contribution < 1.29 is 9.50 Å². The number of para-hydroxylation sites is 1. The second-order valence-electron chi connectivity index (χ2n) is 5.06. The van der Waals surface area contributed by atoms with Crippen LogP contribution in [0.4, 0.5) is 10.1 Å². The van der Waals surface area contributed by atoms with Crippen LogP contribution in [-0.4, -0.2) is 11.7 Å². The van der Waals surface area contributed by atoms with Crippen molar-refractivity contribution in [2.45, 2.75) is 18.9 Å². The zero-order chi connectivity index (χ0) is 14.1. The average molecular weight is 336 g/mol. The third-order valence-corrected chi connectivity index (χ3v) is 4.05. The highest BCUT2D eigenvalue weighted by Gasteiger charge is 2.19. The van der Waals surface area contributed by atoms with Crippen molar-refractivity contribution in [2.75, 3.05) is 11.9 Å². The highest BCUT2D eigenvalue weighted by molar-refractivity contribution is 9.10. The summed E-state index contributed by atoms with van der Waals surface area (Å²) in [6.45, 7) is 0.907. The van der Waals surface area contributed by atoms with Crippen LogP contribution in [-0.2, 0) is 12.8 Å². The summed E-state index contributed by atoms with van der Waals surface area (Å²) in [7, 11) is 0. The molecule has 0 fully saturated rings. The van der Waals surface area contributed by atoms with E-state index in [1.807, 2.05) is 18.2 Å². The van der Waals surface area contributed by atoms with Crippen LogP contribution in [0.25, 0.3) is 0 Å². The molecule has 1 atom stereocenters. The minimum atomic E-state index is -0.635. The zero-order valence-corrected chi connectivity index (χ0v) is 12.5. The summed E-state index contributed by atoms with van der Waals surface area (Å²) in [5.41, 5.74) is 3.94. The molecular formula is C16H15BrFNO. The van der Waals surface area contributed by atoms with Crippen LogP contribution in [0.2, 0.25) is 0 Å². The molecule has 0 saturated carbocycles. The van der Waals surface area contributed by atoms with E-state index in [0.717, 1.165) is 29.8 Å². The minimum Gasteiger partial charge on any atom is -0.388 e. The van der Waals surface area contributed by atoms with Crippen molar-refractivity contribution in [2.24, 2.45) is 0 Å². The van der Waals surface area contributed by atoms with Gasteiger partial charge in [-0.1, -0.05) is 34.1 Å². The first-order valence-electron chi connectivity index (χ1n) is 6.62. The van der Waals surface area contributed by atoms with Gasteiger partial charge in [0.2, 0.25) is 0 Å². The van der Waals surface area contributed by atoms with Gasteiger partial charge >= 0.3 is 0 Å². The van der Waals surface area contributed by atoms with E-state index < -0.39 is 6.10 Å². The lowest BCUT2D eigenvalue weighted by atomic mass is 9.98. The minimum absolute atomic E-state index is 0.294. The molecule has 0 saturated heterocycles. The number of anilines is 1. The average Bonchev–Trinajstić information content (AvgIpc) is 2.85. The Labute approximate surface area is 125 Å². The molecule has 104 valence electrons. The van der Waals surface area contributed by atoms with E-state index in [1.54, 1.807) is 0 Å². The number of hydrogen-bond donors (Lipinski definition) is 2. The van der Waals surface area contributed by atoms with E-state index in [-0.39, 0.29) is 5.82 Å². The molecule has 2 nitrogen and oxygen atoms in total. The van der Waals surface area contributed by atoms with Crippen molar-refractivity contribution in [3.8, 4) is 0 Å². The fraction of sp³-hybridized carbons (Fsp3) is 0.250. The summed E-state index contributed by atoms with van der Waals surface area (Å²) in [4.78, 5) is 0. The van der Waals surface area contributed by atoms with E-state index in [1.165, 1.54) is 17.7 Å². The fourth-order valence-corrected chi connectivity index (χ4v) is 3.22. The molecule has 0 aromatic heterocycles. The molecule has 20 heavy (non-hydrogen) atoms. The van der Waals surface area contributed by atoms with Crippen LogP contribution in [0, 0.1) is 5.82 Å². The molecule has 1 aliphatic heterocycles. The molecule has 0 aliphatic carbocycles. The molecule has 2 aromatic rings. The highest BCUT2D eigenvalue weighted by Crippen LogP contribution is 2.32. The van der Waals surface area contributed by atoms with Gasteiger partial charge < -0.3 is 10.4 Å². The number of aliphatic hydroxyl groups is 1. The number of rotatable bonds is 3. The van der Waals surface area contributed by atoms with Crippen LogP contribution < -0.4 is 5.32 Å². The summed E-state index contributed by atoms with van der Waals surface area (Å²) >= 11 is 3.27. The predicted molar refractivity (Wildman–Crippen MR) is 81.4 cm³/mol. The van der Waals surface area contributed by atoms with Gasteiger partial charge in [0.05, 0.1) is 6.10 Å². The van der Waals surface area contributed by atoms with Crippen LogP contribution >= 0.6 is 15.9 Å². The first kappa shape index (κ1) is 13.6. The lowest BCUT2D eigenvalue weighted by molar-refractivity contribution is 0.179. The van der Waals surface area contributed by atoms with Gasteiger partial charge in [-0.05, 0) is 35.7 Å². The van der Waals surface area contributed by atoms with Gasteiger partial charge in [-0.3, -0.25) is 0 Å². The van der Waals surface area contributed by atoms with Gasteiger partial charge in [-0.2, -0.15) is 0 Å². The van der Waals surface area contributed by atoms with Gasteiger partial charge in [0.1, 0.15) is 5.82 Å². The topological polar surface area (TPSA) is 32.3 Å². The lowest BCUT2D eigenvalue weighted by Gasteiger charge is -2.15. The maximum Gasteiger partial charge on any atom is 0.124 e. The molecule has 1 unspecified atom stereocenters. The molecule has 1 heterocycles. The zero-order valence-electron chi connectivity index (χ0n) is 10.9. The number of hydrogen-bond acceptors (Lipinski definition) is 2. The van der Waals surface area contributed by atoms with Crippen molar-refractivity contribution in [3.05, 3.63) is 63.4 Å². The summed E-state index contributed by atoms with van der Waals surface area (Å²) in [5, 5.41) is 13.8. The molecule has 2 N–H and O–H groups in total. The van der Waals surface area contributed by atoms with E-state index in [2.05, 4.69) is 27.3 Å². The van der Waals surface area contributed by atoms with E-state index in [9.17, 15) is 9.50 Å². The Kier molecular flexibility index (Phi) is 3.76. The highest BCUT2D eigenvalue weighted by atomic mass is 79.9. The van der Waals surface area contributed by atoms with Gasteiger partial charge in [-0.15, -0.1) is 0 Å². The standard InChI is InChI=1S/C16H15BrFNO/c17-12-6-10(7-13(18)9-12)8-15(20)14-3-1-2-11-4-5-19-16(11)14/h1-3,6-7,9,15,19-20H,4-5,8H2. The van der Waals surface area contributed by atoms with E-state index in [0.29, 0.717) is 10.9 Å². The smallest absolute Gasteiger partial charge is 0.124 e. The number of halogens is 2. The van der Waals surface area contributed by atoms with Gasteiger partial charge in [0.15, 0.2) is 0 Å². The fourth-order valence-electron chi connectivity index (χ4n) is 2.71. The number of aliphatic hydroxyl groups excluding tert-OH is 1. The van der Waals surface area contributed by atoms with Crippen LogP contribution in [0.5, 0.6) is 0 Å². The first-order valence-corrected chi connectivity index (χ1v) is 7.41. The predicted octanol–water partition coefficient (Wildman–Crippen LogP) is 3.83. The van der Waals surface area contributed by atoms with E-state index >= 15 is 0 Å². The summed E-state index contributed by atoms with van der Waals surface area (Å²) < 4.78 is 14.1. The molecule has 0 amide bonds. The normalized spacial score (nSPS) is 14.8. The van der Waals surface area contributed by atoms with Crippen LogP contribution in [0.1, 0.15) is 22.8 Å². The Morgan fingerprint density at radius 1 is 1.30 bits per heavy atom. The molecule has 2 aromatic carbocycles. The second-order valence-corrected chi connectivity index (χ2v) is 5.97. The summed E-state index contributed by atoms with van der Waals surface area (Å²) in [5.74, 6) is -0.294. The maximum absolute atomic E-state index is 13.4. The Morgan fingerprint density at radius 3 is 2.95 bits per heavy atom. The molecule has 3 rings (SSSR count). The van der Waals surface area contributed by atoms with Crippen molar-refractivity contribution in [1.82, 2.24) is 0 Å². The first-order chi connectivity index (χ1) is 9.63. The number of nitrogens with one attached hydrogen (secondary N) is 1. The Hall–Kier alpha value is -1.39. The molecule has 1 aliphatic rings. The number of fused-ring (bicyclic) bond motifs is 1. The molecule has 0 radical (unpaired) electrons. The van der Waals surface area contributed by atoms with Crippen molar-refractivity contribution in [3.63, 3.8) is 0 Å². The maximum atomic E-state index is 13.4. The SMILES string of the molecule is OC(Cc1cc(F)cc(Br)c1)c1cccc2c1NCC2. The monoisotopic (exact) mass is 335 g/mol. The summed E-state index contributed by atoms with van der Waals surface area (Å²) in [6, 6.07) is 10.7. The third kappa shape index (κ3) is 2.72. The quantitative estimate of drug-likeness (QED) is 0.893. The molecule has 0 spiro atoms. The molecular weight excluding hydrogens is 321 g/mol. The van der Waals surface area contributed by atoms with Gasteiger partial charge in [0, 0.05) is 28.7 Å². The third-order valence-electron chi connectivity index (χ3n) is 3.59. The lowest BCUT2D eigenvalue weighted by Crippen LogP contribution is -2.05. The van der Waals surface area contributed by atoms with Gasteiger partial charge in [0.25, 0.3) is 0 Å². The second kappa shape index (κ2) is 5.54. The summed E-state index contributed by atoms with van der Waals surface area (Å²) in [6.07, 6.45) is 0.750. The Morgan fingerprint density at radius 2 is 2.15 bits per heavy atom. The van der Waals surface area contributed by atoms with Gasteiger partial charge in [-0.25, -0.2) is 4.39 Å². The van der Waals surface area contributed by atoms with Crippen molar-refractivity contribution in [1.29, 1.82) is 0 Å². The largest absolute Gasteiger partial charge is 0.388 e. The number of benzene rings is 2. The van der Waals surface area contributed by atoms with Crippen LogP contribution in [0.3, 0.4) is 0 Å².